The van der Waals surface area contributed by atoms with E-state index in [2.05, 4.69) is 91.1 Å². The first-order valence-corrected chi connectivity index (χ1v) is 10.3. The largest absolute Gasteiger partial charge is 0.398 e. The van der Waals surface area contributed by atoms with Crippen LogP contribution in [0.25, 0.3) is 33.4 Å². The maximum atomic E-state index is 6.26. The number of rotatable bonds is 4. The molecule has 3 rings (SSSR count). The smallest absolute Gasteiger partial charge is 0.0373 e. The molecule has 0 aliphatic heterocycles. The molecule has 2 heteroatoms. The van der Waals surface area contributed by atoms with E-state index in [1.807, 2.05) is 0 Å². The summed E-state index contributed by atoms with van der Waals surface area (Å²) in [7, 11) is 0. The van der Waals surface area contributed by atoms with Crippen LogP contribution in [-0.4, -0.2) is 0 Å². The van der Waals surface area contributed by atoms with Gasteiger partial charge in [-0.1, -0.05) is 36.4 Å². The minimum Gasteiger partial charge on any atom is -0.398 e. The van der Waals surface area contributed by atoms with Crippen LogP contribution in [0.4, 0.5) is 11.4 Å². The molecule has 0 unspecified atom stereocenters. The van der Waals surface area contributed by atoms with Crippen molar-refractivity contribution < 1.29 is 0 Å². The van der Waals surface area contributed by atoms with Crippen molar-refractivity contribution in [3.63, 3.8) is 0 Å². The van der Waals surface area contributed by atoms with Crippen molar-refractivity contribution in [2.75, 3.05) is 11.5 Å². The second-order valence-electron chi connectivity index (χ2n) is 8.52. The molecule has 154 valence electrons. The standard InChI is InChI=1S/C28H32N2/c1-15(2)23-9-10-24(16(3)4)26(22-13-19(7)28(30)20(8)14-22)25(23)21-11-17(5)27(29)18(6)12-21/h9-14H,1,3,29-30H2,2,4-8H3. The maximum Gasteiger partial charge on any atom is 0.0373 e. The number of nitrogen functional groups attached to an aromatic ring is 2. The average molecular weight is 397 g/mol. The Kier molecular flexibility index (Phi) is 5.63. The molecular formula is C28H32N2. The summed E-state index contributed by atoms with van der Waals surface area (Å²) in [6, 6.07) is 13.0. The number of hydrogen-bond acceptors (Lipinski definition) is 2. The van der Waals surface area contributed by atoms with Gasteiger partial charge in [-0.3, -0.25) is 0 Å². The minimum absolute atomic E-state index is 0.840. The molecule has 0 aromatic heterocycles. The highest BCUT2D eigenvalue weighted by Gasteiger charge is 2.20. The molecule has 0 saturated carbocycles. The summed E-state index contributed by atoms with van der Waals surface area (Å²) in [4.78, 5) is 0. The zero-order chi connectivity index (χ0) is 22.3. The van der Waals surface area contributed by atoms with Gasteiger partial charge in [-0.05, 0) is 121 Å². The minimum atomic E-state index is 0.840. The van der Waals surface area contributed by atoms with Gasteiger partial charge in [0.05, 0.1) is 0 Å². The third-order valence-electron chi connectivity index (χ3n) is 5.89. The zero-order valence-corrected chi connectivity index (χ0v) is 19.0. The van der Waals surface area contributed by atoms with Crippen molar-refractivity contribution in [3.8, 4) is 22.3 Å². The van der Waals surface area contributed by atoms with Crippen LogP contribution >= 0.6 is 0 Å². The molecule has 2 nitrogen and oxygen atoms in total. The molecule has 4 N–H and O–H groups in total. The van der Waals surface area contributed by atoms with Crippen molar-refractivity contribution in [1.82, 2.24) is 0 Å². The van der Waals surface area contributed by atoms with Crippen molar-refractivity contribution in [2.45, 2.75) is 41.5 Å². The topological polar surface area (TPSA) is 52.0 Å². The van der Waals surface area contributed by atoms with Gasteiger partial charge in [-0.15, -0.1) is 0 Å². The molecule has 0 aliphatic carbocycles. The fraction of sp³-hybridized carbons (Fsp3) is 0.214. The van der Waals surface area contributed by atoms with E-state index in [0.29, 0.717) is 0 Å². The molecule has 0 aliphatic rings. The Morgan fingerprint density at radius 2 is 0.867 bits per heavy atom. The predicted octanol–water partition coefficient (Wildman–Crippen LogP) is 7.48. The molecule has 0 amide bonds. The van der Waals surface area contributed by atoms with Gasteiger partial charge in [0.1, 0.15) is 0 Å². The van der Waals surface area contributed by atoms with Gasteiger partial charge in [0.15, 0.2) is 0 Å². The summed E-state index contributed by atoms with van der Waals surface area (Å²) >= 11 is 0. The van der Waals surface area contributed by atoms with E-state index in [4.69, 9.17) is 11.5 Å². The molecule has 0 spiro atoms. The van der Waals surface area contributed by atoms with Crippen LogP contribution in [0.2, 0.25) is 0 Å². The summed E-state index contributed by atoms with van der Waals surface area (Å²) in [6.07, 6.45) is 0. The number of hydrogen-bond donors (Lipinski definition) is 2. The molecular weight excluding hydrogens is 364 g/mol. The van der Waals surface area contributed by atoms with Crippen molar-refractivity contribution >= 4 is 22.5 Å². The average Bonchev–Trinajstić information content (AvgIpc) is 2.68. The highest BCUT2D eigenvalue weighted by molar-refractivity contribution is 5.98. The van der Waals surface area contributed by atoms with Crippen LogP contribution in [0.15, 0.2) is 49.6 Å². The fourth-order valence-electron chi connectivity index (χ4n) is 4.15. The van der Waals surface area contributed by atoms with Crippen molar-refractivity contribution in [3.05, 3.63) is 82.9 Å². The quantitative estimate of drug-likeness (QED) is 0.449. The summed E-state index contributed by atoms with van der Waals surface area (Å²) in [5.41, 5.74) is 27.4. The lowest BCUT2D eigenvalue weighted by atomic mass is 9.82. The predicted molar refractivity (Wildman–Crippen MR) is 135 cm³/mol. The third-order valence-corrected chi connectivity index (χ3v) is 5.89. The highest BCUT2D eigenvalue weighted by Crippen LogP contribution is 2.44. The Morgan fingerprint density at radius 1 is 0.600 bits per heavy atom. The zero-order valence-electron chi connectivity index (χ0n) is 19.0. The Morgan fingerprint density at radius 3 is 1.10 bits per heavy atom. The normalized spacial score (nSPS) is 10.9. The first kappa shape index (κ1) is 21.4. The fourth-order valence-corrected chi connectivity index (χ4v) is 4.15. The van der Waals surface area contributed by atoms with E-state index in [-0.39, 0.29) is 0 Å². The van der Waals surface area contributed by atoms with Crippen LogP contribution in [0.5, 0.6) is 0 Å². The summed E-state index contributed by atoms with van der Waals surface area (Å²) in [6.45, 7) is 20.9. The highest BCUT2D eigenvalue weighted by atomic mass is 14.6. The second-order valence-corrected chi connectivity index (χ2v) is 8.52. The lowest BCUT2D eigenvalue weighted by Gasteiger charge is -2.22. The van der Waals surface area contributed by atoms with Crippen LogP contribution in [0, 0.1) is 27.7 Å². The van der Waals surface area contributed by atoms with E-state index >= 15 is 0 Å². The van der Waals surface area contributed by atoms with Gasteiger partial charge in [0.2, 0.25) is 0 Å². The van der Waals surface area contributed by atoms with E-state index in [0.717, 1.165) is 78.2 Å². The summed E-state index contributed by atoms with van der Waals surface area (Å²) in [5.74, 6) is 0. The molecule has 0 radical (unpaired) electrons. The number of anilines is 2. The maximum absolute atomic E-state index is 6.26. The van der Waals surface area contributed by atoms with E-state index in [9.17, 15) is 0 Å². The SMILES string of the molecule is C=C(C)c1ccc(C(=C)C)c(-c2cc(C)c(N)c(C)c2)c1-c1cc(C)c(N)c(C)c1. The molecule has 0 atom stereocenters. The Balaban J connectivity index is 2.53. The van der Waals surface area contributed by atoms with E-state index in [1.165, 1.54) is 0 Å². The van der Waals surface area contributed by atoms with Gasteiger partial charge >= 0.3 is 0 Å². The molecule has 0 fully saturated rings. The molecule has 30 heavy (non-hydrogen) atoms. The monoisotopic (exact) mass is 396 g/mol. The Bertz CT molecular complexity index is 1050. The van der Waals surface area contributed by atoms with Crippen molar-refractivity contribution in [1.29, 1.82) is 0 Å². The van der Waals surface area contributed by atoms with Crippen LogP contribution in [0.1, 0.15) is 47.2 Å². The lowest BCUT2D eigenvalue weighted by molar-refractivity contribution is 1.37. The molecule has 0 heterocycles. The summed E-state index contributed by atoms with van der Waals surface area (Å²) in [5, 5.41) is 0. The van der Waals surface area contributed by atoms with Crippen molar-refractivity contribution in [2.24, 2.45) is 0 Å². The summed E-state index contributed by atoms with van der Waals surface area (Å²) < 4.78 is 0. The number of benzene rings is 3. The lowest BCUT2D eigenvalue weighted by Crippen LogP contribution is -2.01. The number of nitrogens with two attached hydrogens (primary N) is 2. The van der Waals surface area contributed by atoms with Gasteiger partial charge in [-0.25, -0.2) is 0 Å². The Hall–Kier alpha value is -3.26. The van der Waals surface area contributed by atoms with E-state index in [1.54, 1.807) is 0 Å². The molecule has 3 aromatic carbocycles. The second kappa shape index (κ2) is 7.87. The van der Waals surface area contributed by atoms with Gasteiger partial charge in [0, 0.05) is 11.4 Å². The Labute approximate surface area is 180 Å². The first-order chi connectivity index (χ1) is 14.0. The molecule has 0 bridgehead atoms. The molecule has 3 aromatic rings. The number of aryl methyl sites for hydroxylation is 4. The van der Waals surface area contributed by atoms with Gasteiger partial charge in [-0.2, -0.15) is 0 Å². The van der Waals surface area contributed by atoms with Crippen LogP contribution < -0.4 is 11.5 Å². The first-order valence-electron chi connectivity index (χ1n) is 10.3. The van der Waals surface area contributed by atoms with E-state index < -0.39 is 0 Å². The number of allylic oxidation sites excluding steroid dienone is 2. The van der Waals surface area contributed by atoms with Gasteiger partial charge in [0.25, 0.3) is 0 Å². The third kappa shape index (κ3) is 3.66. The molecule has 0 saturated heterocycles. The van der Waals surface area contributed by atoms with Gasteiger partial charge < -0.3 is 11.5 Å². The van der Waals surface area contributed by atoms with Crippen LogP contribution in [-0.2, 0) is 0 Å². The van der Waals surface area contributed by atoms with Crippen LogP contribution in [0.3, 0.4) is 0 Å².